The quantitative estimate of drug-likeness (QED) is 0.640. The van der Waals surface area contributed by atoms with Crippen LogP contribution in [-0.2, 0) is 11.3 Å². The Balaban J connectivity index is 1.54. The van der Waals surface area contributed by atoms with Crippen LogP contribution in [-0.4, -0.2) is 75.5 Å². The van der Waals surface area contributed by atoms with E-state index in [0.29, 0.717) is 34.3 Å². The van der Waals surface area contributed by atoms with Gasteiger partial charge < -0.3 is 15.1 Å². The topological polar surface area (TPSA) is 117 Å². The van der Waals surface area contributed by atoms with Crippen LogP contribution < -0.4 is 5.32 Å². The summed E-state index contributed by atoms with van der Waals surface area (Å²) >= 11 is 1.19. The van der Waals surface area contributed by atoms with Gasteiger partial charge in [-0.2, -0.15) is 0 Å². The van der Waals surface area contributed by atoms with Crippen LogP contribution in [0, 0.1) is 0 Å². The molecule has 4 heterocycles. The largest absolute Gasteiger partial charge is 0.349 e. The smallest absolute Gasteiger partial charge is 0.282 e. The van der Waals surface area contributed by atoms with Crippen molar-refractivity contribution in [2.24, 2.45) is 4.99 Å². The van der Waals surface area contributed by atoms with Crippen molar-refractivity contribution in [2.75, 3.05) is 33.0 Å². The first-order chi connectivity index (χ1) is 14.4. The number of nitrogens with one attached hydrogen (secondary N) is 1. The minimum absolute atomic E-state index is 0.0377. The summed E-state index contributed by atoms with van der Waals surface area (Å²) in [6, 6.07) is 1.95. The Bertz CT molecular complexity index is 1160. The molecule has 0 fully saturated rings. The van der Waals surface area contributed by atoms with E-state index in [1.54, 1.807) is 33.6 Å². The maximum Gasteiger partial charge on any atom is 0.282 e. The first-order valence-corrected chi connectivity index (χ1v) is 10.1. The molecule has 10 nitrogen and oxygen atoms in total. The normalized spacial score (nSPS) is 12.1. The maximum absolute atomic E-state index is 12.8. The Morgan fingerprint density at radius 1 is 1.20 bits per heavy atom. The van der Waals surface area contributed by atoms with Gasteiger partial charge in [0.05, 0.1) is 24.1 Å². The number of carbonyl (C=O) groups excluding carboxylic acids is 2. The van der Waals surface area contributed by atoms with Crippen LogP contribution >= 0.6 is 11.3 Å². The van der Waals surface area contributed by atoms with Crippen molar-refractivity contribution in [3.05, 3.63) is 34.9 Å². The van der Waals surface area contributed by atoms with Gasteiger partial charge in [-0.25, -0.2) is 15.0 Å². The van der Waals surface area contributed by atoms with Gasteiger partial charge >= 0.3 is 0 Å². The fraction of sp³-hybridized carbons (Fsp3) is 0.316. The first-order valence-electron chi connectivity index (χ1n) is 9.25. The zero-order chi connectivity index (χ0) is 21.3. The van der Waals surface area contributed by atoms with E-state index in [2.05, 4.69) is 30.2 Å². The molecule has 0 bridgehead atoms. The highest BCUT2D eigenvalue weighted by Gasteiger charge is 2.20. The second-order valence-corrected chi connectivity index (χ2v) is 7.99. The van der Waals surface area contributed by atoms with Gasteiger partial charge in [-0.3, -0.25) is 19.6 Å². The van der Waals surface area contributed by atoms with Crippen molar-refractivity contribution < 1.29 is 9.59 Å². The summed E-state index contributed by atoms with van der Waals surface area (Å²) in [5.74, 6) is 0.202. The zero-order valence-electron chi connectivity index (χ0n) is 16.8. The third kappa shape index (κ3) is 3.96. The maximum atomic E-state index is 12.8. The van der Waals surface area contributed by atoms with E-state index in [4.69, 9.17) is 0 Å². The van der Waals surface area contributed by atoms with E-state index in [-0.39, 0.29) is 18.2 Å². The number of hydrogen-bond donors (Lipinski definition) is 1. The third-order valence-electron chi connectivity index (χ3n) is 4.62. The number of hydrogen-bond acceptors (Lipinski definition) is 9. The van der Waals surface area contributed by atoms with Crippen molar-refractivity contribution in [1.82, 2.24) is 29.7 Å². The lowest BCUT2D eigenvalue weighted by molar-refractivity contribution is -0.128. The number of rotatable bonds is 6. The SMILES string of the molecule is CN(C)C(=O)CCN(C)C(=O)c1nc2c(Nc3cnc4c(c3)C=NC4)ncnc2s1. The molecule has 0 spiro atoms. The molecule has 0 unspecified atom stereocenters. The molecule has 3 aromatic rings. The minimum Gasteiger partial charge on any atom is -0.349 e. The Kier molecular flexibility index (Phi) is 5.36. The first kappa shape index (κ1) is 19.8. The van der Waals surface area contributed by atoms with E-state index in [0.717, 1.165) is 16.9 Å². The summed E-state index contributed by atoms with van der Waals surface area (Å²) in [5.41, 5.74) is 3.17. The molecule has 1 N–H and O–H groups in total. The molecule has 1 aliphatic rings. The van der Waals surface area contributed by atoms with Crippen LogP contribution in [0.4, 0.5) is 11.5 Å². The summed E-state index contributed by atoms with van der Waals surface area (Å²) in [5, 5.41) is 3.50. The number of aliphatic imine (C=N–C) groups is 1. The Hall–Kier alpha value is -3.47. The minimum atomic E-state index is -0.258. The van der Waals surface area contributed by atoms with Crippen molar-refractivity contribution in [3.63, 3.8) is 0 Å². The lowest BCUT2D eigenvalue weighted by atomic mass is 10.2. The van der Waals surface area contributed by atoms with Crippen molar-refractivity contribution in [1.29, 1.82) is 0 Å². The van der Waals surface area contributed by atoms with Gasteiger partial charge in [0.25, 0.3) is 5.91 Å². The van der Waals surface area contributed by atoms with Gasteiger partial charge in [-0.15, -0.1) is 0 Å². The lowest BCUT2D eigenvalue weighted by Crippen LogP contribution is -2.32. The van der Waals surface area contributed by atoms with Crippen LogP contribution in [0.1, 0.15) is 27.5 Å². The van der Waals surface area contributed by atoms with E-state index < -0.39 is 0 Å². The number of aromatic nitrogens is 4. The summed E-state index contributed by atoms with van der Waals surface area (Å²) in [4.78, 5) is 49.7. The Morgan fingerprint density at radius 3 is 2.83 bits per heavy atom. The summed E-state index contributed by atoms with van der Waals surface area (Å²) in [6.45, 7) is 0.906. The second-order valence-electron chi connectivity index (χ2n) is 7.01. The van der Waals surface area contributed by atoms with Crippen LogP contribution in [0.25, 0.3) is 10.3 Å². The van der Waals surface area contributed by atoms with Gasteiger partial charge in [-0.1, -0.05) is 11.3 Å². The van der Waals surface area contributed by atoms with Gasteiger partial charge in [0, 0.05) is 45.9 Å². The molecule has 0 radical (unpaired) electrons. The average molecular weight is 424 g/mol. The number of nitrogens with zero attached hydrogens (tertiary/aromatic N) is 7. The third-order valence-corrected chi connectivity index (χ3v) is 5.57. The number of fused-ring (bicyclic) bond motifs is 2. The molecule has 2 amide bonds. The van der Waals surface area contributed by atoms with Crippen molar-refractivity contribution in [3.8, 4) is 0 Å². The highest BCUT2D eigenvalue weighted by atomic mass is 32.1. The van der Waals surface area contributed by atoms with Crippen LogP contribution in [0.15, 0.2) is 23.6 Å². The predicted octanol–water partition coefficient (Wildman–Crippen LogP) is 1.71. The molecule has 0 atom stereocenters. The fourth-order valence-electron chi connectivity index (χ4n) is 2.88. The number of carbonyl (C=O) groups is 2. The van der Waals surface area contributed by atoms with E-state index >= 15 is 0 Å². The standard InChI is InChI=1S/C19H20N8O2S/c1-26(2)14(28)4-5-27(3)19(29)18-25-15-16(22-10-23-17(15)30-18)24-12-6-11-7-20-9-13(11)21-8-12/h6-8,10H,4-5,9H2,1-3H3,(H,22,23,24). The van der Waals surface area contributed by atoms with Gasteiger partial charge in [-0.05, 0) is 6.07 Å². The van der Waals surface area contributed by atoms with E-state index in [1.807, 2.05) is 6.07 Å². The molecule has 0 aromatic carbocycles. The molecule has 4 rings (SSSR count). The number of thiazole rings is 1. The molecule has 3 aromatic heterocycles. The van der Waals surface area contributed by atoms with Gasteiger partial charge in [0.15, 0.2) is 10.8 Å². The highest BCUT2D eigenvalue weighted by molar-refractivity contribution is 7.19. The Labute approximate surface area is 176 Å². The summed E-state index contributed by atoms with van der Waals surface area (Å²) in [7, 11) is 5.03. The molecule has 11 heteroatoms. The van der Waals surface area contributed by atoms with Crippen LogP contribution in [0.5, 0.6) is 0 Å². The summed E-state index contributed by atoms with van der Waals surface area (Å²) < 4.78 is 0. The average Bonchev–Trinajstić information content (AvgIpc) is 3.38. The predicted molar refractivity (Wildman–Crippen MR) is 114 cm³/mol. The summed E-state index contributed by atoms with van der Waals surface area (Å²) in [6.07, 6.45) is 5.19. The number of anilines is 2. The monoisotopic (exact) mass is 424 g/mol. The number of pyridine rings is 1. The molecular formula is C19H20N8O2S. The molecule has 0 aliphatic carbocycles. The molecule has 1 aliphatic heterocycles. The number of amides is 2. The van der Waals surface area contributed by atoms with Crippen molar-refractivity contribution in [2.45, 2.75) is 13.0 Å². The molecule has 0 saturated heterocycles. The molecule has 0 saturated carbocycles. The van der Waals surface area contributed by atoms with Gasteiger partial charge in [0.1, 0.15) is 16.7 Å². The fourth-order valence-corrected chi connectivity index (χ4v) is 3.78. The Morgan fingerprint density at radius 2 is 2.03 bits per heavy atom. The van der Waals surface area contributed by atoms with Crippen LogP contribution in [0.2, 0.25) is 0 Å². The van der Waals surface area contributed by atoms with E-state index in [1.165, 1.54) is 27.5 Å². The van der Waals surface area contributed by atoms with Gasteiger partial charge in [0.2, 0.25) is 5.91 Å². The molecular weight excluding hydrogens is 404 g/mol. The van der Waals surface area contributed by atoms with Crippen LogP contribution in [0.3, 0.4) is 0 Å². The molecule has 154 valence electrons. The van der Waals surface area contributed by atoms with E-state index in [9.17, 15) is 9.59 Å². The zero-order valence-corrected chi connectivity index (χ0v) is 17.6. The molecule has 30 heavy (non-hydrogen) atoms. The highest BCUT2D eigenvalue weighted by Crippen LogP contribution is 2.28. The lowest BCUT2D eigenvalue weighted by Gasteiger charge is -2.17. The second kappa shape index (κ2) is 8.11. The van der Waals surface area contributed by atoms with Crippen molar-refractivity contribution >= 4 is 51.2 Å².